The maximum Gasteiger partial charge on any atom is 0.0876 e. The van der Waals surface area contributed by atoms with E-state index in [4.69, 9.17) is 16.3 Å². The van der Waals surface area contributed by atoms with Crippen molar-refractivity contribution < 1.29 is 4.74 Å². The summed E-state index contributed by atoms with van der Waals surface area (Å²) in [5.41, 5.74) is 1.21. The Kier molecular flexibility index (Phi) is 5.70. The molecule has 1 heterocycles. The highest BCUT2D eigenvalue weighted by atomic mass is 79.9. The summed E-state index contributed by atoms with van der Waals surface area (Å²) < 4.78 is 6.96. The summed E-state index contributed by atoms with van der Waals surface area (Å²) in [6.07, 6.45) is 1.29. The molecule has 19 heavy (non-hydrogen) atoms. The number of hydrogen-bond donors (Lipinski definition) is 1. The zero-order chi connectivity index (χ0) is 13.8. The second-order valence-electron chi connectivity index (χ2n) is 5.56. The van der Waals surface area contributed by atoms with E-state index in [0.717, 1.165) is 35.6 Å². The van der Waals surface area contributed by atoms with Crippen molar-refractivity contribution in [1.82, 2.24) is 5.32 Å². The number of benzene rings is 1. The Morgan fingerprint density at radius 3 is 2.95 bits per heavy atom. The van der Waals surface area contributed by atoms with E-state index >= 15 is 0 Å². The fourth-order valence-electron chi connectivity index (χ4n) is 2.48. The Bertz CT molecular complexity index is 425. The van der Waals surface area contributed by atoms with E-state index in [0.29, 0.717) is 11.8 Å². The first kappa shape index (κ1) is 15.3. The van der Waals surface area contributed by atoms with Gasteiger partial charge in [-0.1, -0.05) is 47.4 Å². The predicted octanol–water partition coefficient (Wildman–Crippen LogP) is 4.43. The van der Waals surface area contributed by atoms with Gasteiger partial charge in [0.1, 0.15) is 0 Å². The van der Waals surface area contributed by atoms with E-state index in [1.165, 1.54) is 5.56 Å². The molecule has 1 fully saturated rings. The molecule has 2 rings (SSSR count). The van der Waals surface area contributed by atoms with Crippen molar-refractivity contribution >= 4 is 27.5 Å². The minimum absolute atomic E-state index is 0.173. The van der Waals surface area contributed by atoms with Gasteiger partial charge in [0.2, 0.25) is 0 Å². The first-order valence-electron chi connectivity index (χ1n) is 6.85. The molecule has 0 saturated carbocycles. The fourth-order valence-corrected chi connectivity index (χ4v) is 3.38. The van der Waals surface area contributed by atoms with Crippen molar-refractivity contribution in [3.05, 3.63) is 33.3 Å². The maximum absolute atomic E-state index is 6.00. The van der Waals surface area contributed by atoms with Crippen LogP contribution in [0.1, 0.15) is 31.9 Å². The highest BCUT2D eigenvalue weighted by Gasteiger charge is 2.30. The summed E-state index contributed by atoms with van der Waals surface area (Å²) in [6, 6.07) is 5.94. The molecule has 0 aromatic heterocycles. The fraction of sp³-hybridized carbons (Fsp3) is 0.600. The van der Waals surface area contributed by atoms with Gasteiger partial charge < -0.3 is 10.1 Å². The van der Waals surface area contributed by atoms with Gasteiger partial charge in [-0.25, -0.2) is 0 Å². The van der Waals surface area contributed by atoms with Crippen LogP contribution in [0.5, 0.6) is 0 Å². The van der Waals surface area contributed by atoms with Gasteiger partial charge in [-0.3, -0.25) is 0 Å². The molecular formula is C15H21BrClNO. The average Bonchev–Trinajstić information content (AvgIpc) is 2.77. The van der Waals surface area contributed by atoms with Gasteiger partial charge in [-0.2, -0.15) is 0 Å². The molecule has 0 bridgehead atoms. The smallest absolute Gasteiger partial charge is 0.0876 e. The Morgan fingerprint density at radius 2 is 2.26 bits per heavy atom. The Hall–Kier alpha value is -0.0900. The molecule has 2 nitrogen and oxygen atoms in total. The van der Waals surface area contributed by atoms with Crippen molar-refractivity contribution in [3.63, 3.8) is 0 Å². The van der Waals surface area contributed by atoms with E-state index in [1.807, 2.05) is 12.1 Å². The zero-order valence-electron chi connectivity index (χ0n) is 11.5. The van der Waals surface area contributed by atoms with Gasteiger partial charge in [-0.05, 0) is 36.6 Å². The largest absolute Gasteiger partial charge is 0.373 e. The second-order valence-corrected chi connectivity index (χ2v) is 6.85. The summed E-state index contributed by atoms with van der Waals surface area (Å²) in [7, 11) is 0. The van der Waals surface area contributed by atoms with Gasteiger partial charge in [0.15, 0.2) is 0 Å². The van der Waals surface area contributed by atoms with Gasteiger partial charge in [0, 0.05) is 28.6 Å². The van der Waals surface area contributed by atoms with Crippen LogP contribution in [0.3, 0.4) is 0 Å². The topological polar surface area (TPSA) is 21.3 Å². The lowest BCUT2D eigenvalue weighted by molar-refractivity contribution is 0.0898. The van der Waals surface area contributed by atoms with Gasteiger partial charge in [0.05, 0.1) is 6.10 Å². The molecule has 1 aliphatic rings. The summed E-state index contributed by atoms with van der Waals surface area (Å²) in [6.45, 7) is 7.37. The Balaban J connectivity index is 2.01. The SMILES string of the molecule is CC(C)CNCC1CCOC1c1ccc(Cl)cc1Br. The third-order valence-corrected chi connectivity index (χ3v) is 4.36. The molecule has 1 aliphatic heterocycles. The minimum atomic E-state index is 0.173. The Morgan fingerprint density at radius 1 is 1.47 bits per heavy atom. The first-order chi connectivity index (χ1) is 9.08. The molecule has 2 unspecified atom stereocenters. The van der Waals surface area contributed by atoms with Crippen molar-refractivity contribution in [2.75, 3.05) is 19.7 Å². The minimum Gasteiger partial charge on any atom is -0.373 e. The molecular weight excluding hydrogens is 326 g/mol. The zero-order valence-corrected chi connectivity index (χ0v) is 13.8. The number of hydrogen-bond acceptors (Lipinski definition) is 2. The molecule has 4 heteroatoms. The van der Waals surface area contributed by atoms with Crippen molar-refractivity contribution in [2.45, 2.75) is 26.4 Å². The molecule has 1 aromatic rings. The van der Waals surface area contributed by atoms with Crippen LogP contribution in [-0.2, 0) is 4.74 Å². The summed E-state index contributed by atoms with van der Waals surface area (Å²) in [5.74, 6) is 1.22. The molecule has 1 saturated heterocycles. The highest BCUT2D eigenvalue weighted by molar-refractivity contribution is 9.10. The molecule has 1 N–H and O–H groups in total. The summed E-state index contributed by atoms with van der Waals surface area (Å²) in [4.78, 5) is 0. The quantitative estimate of drug-likeness (QED) is 0.852. The molecule has 0 spiro atoms. The lowest BCUT2D eigenvalue weighted by Crippen LogP contribution is -2.28. The van der Waals surface area contributed by atoms with Crippen LogP contribution in [0, 0.1) is 11.8 Å². The second kappa shape index (κ2) is 7.07. The lowest BCUT2D eigenvalue weighted by Gasteiger charge is -2.21. The number of nitrogens with one attached hydrogen (secondary N) is 1. The standard InChI is InChI=1S/C15H21BrClNO/c1-10(2)8-18-9-11-5-6-19-15(11)13-4-3-12(17)7-14(13)16/h3-4,7,10-11,15,18H,5-6,8-9H2,1-2H3. The van der Waals surface area contributed by atoms with Crippen molar-refractivity contribution in [1.29, 1.82) is 0 Å². The highest BCUT2D eigenvalue weighted by Crippen LogP contribution is 2.38. The molecule has 2 atom stereocenters. The lowest BCUT2D eigenvalue weighted by atomic mass is 9.95. The third kappa shape index (κ3) is 4.19. The monoisotopic (exact) mass is 345 g/mol. The predicted molar refractivity (Wildman–Crippen MR) is 83.7 cm³/mol. The van der Waals surface area contributed by atoms with E-state index < -0.39 is 0 Å². The van der Waals surface area contributed by atoms with Crippen LogP contribution in [-0.4, -0.2) is 19.7 Å². The van der Waals surface area contributed by atoms with Crippen LogP contribution < -0.4 is 5.32 Å². The molecule has 1 aromatic carbocycles. The Labute approximate surface area is 129 Å². The first-order valence-corrected chi connectivity index (χ1v) is 8.02. The van der Waals surface area contributed by atoms with Crippen LogP contribution >= 0.6 is 27.5 Å². The third-order valence-electron chi connectivity index (χ3n) is 3.44. The molecule has 0 amide bonds. The average molecular weight is 347 g/mol. The van der Waals surface area contributed by atoms with Crippen molar-refractivity contribution in [2.24, 2.45) is 11.8 Å². The van der Waals surface area contributed by atoms with E-state index in [2.05, 4.69) is 41.2 Å². The maximum atomic E-state index is 6.00. The van der Waals surface area contributed by atoms with Crippen molar-refractivity contribution in [3.8, 4) is 0 Å². The number of halogens is 2. The number of rotatable bonds is 5. The molecule has 106 valence electrons. The molecule has 0 radical (unpaired) electrons. The van der Waals surface area contributed by atoms with Crippen LogP contribution in [0.25, 0.3) is 0 Å². The van der Waals surface area contributed by atoms with Gasteiger partial charge in [-0.15, -0.1) is 0 Å². The number of ether oxygens (including phenoxy) is 1. The van der Waals surface area contributed by atoms with Crippen LogP contribution in [0.2, 0.25) is 5.02 Å². The molecule has 0 aliphatic carbocycles. The summed E-state index contributed by atoms with van der Waals surface area (Å²) in [5, 5.41) is 4.29. The van der Waals surface area contributed by atoms with E-state index in [1.54, 1.807) is 0 Å². The van der Waals surface area contributed by atoms with E-state index in [-0.39, 0.29) is 6.10 Å². The van der Waals surface area contributed by atoms with Crippen LogP contribution in [0.15, 0.2) is 22.7 Å². The van der Waals surface area contributed by atoms with Crippen LogP contribution in [0.4, 0.5) is 0 Å². The van der Waals surface area contributed by atoms with E-state index in [9.17, 15) is 0 Å². The van der Waals surface area contributed by atoms with Gasteiger partial charge in [0.25, 0.3) is 0 Å². The summed E-state index contributed by atoms with van der Waals surface area (Å²) >= 11 is 9.59. The normalized spacial score (nSPS) is 23.2. The van der Waals surface area contributed by atoms with Gasteiger partial charge >= 0.3 is 0 Å².